The number of nitrogens with two attached hydrogens (primary N) is 1. The molecule has 5 N–H and O–H groups in total. The number of aromatic amines is 1. The van der Waals surface area contributed by atoms with Crippen LogP contribution in [0.2, 0.25) is 0 Å². The zero-order valence-electron chi connectivity index (χ0n) is 19.6. The van der Waals surface area contributed by atoms with Crippen molar-refractivity contribution < 1.29 is 9.59 Å². The van der Waals surface area contributed by atoms with E-state index < -0.39 is 0 Å². The van der Waals surface area contributed by atoms with Crippen molar-refractivity contribution in [2.24, 2.45) is 5.73 Å². The van der Waals surface area contributed by atoms with Crippen molar-refractivity contribution in [2.75, 3.05) is 19.6 Å². The summed E-state index contributed by atoms with van der Waals surface area (Å²) < 4.78 is 0.928. The van der Waals surface area contributed by atoms with Crippen LogP contribution in [0.15, 0.2) is 24.3 Å². The van der Waals surface area contributed by atoms with Gasteiger partial charge in [0.05, 0.1) is 5.69 Å². The van der Waals surface area contributed by atoms with Crippen LogP contribution < -0.4 is 16.4 Å². The van der Waals surface area contributed by atoms with Gasteiger partial charge in [0, 0.05) is 64.9 Å². The lowest BCUT2D eigenvalue weighted by atomic mass is 9.90. The van der Waals surface area contributed by atoms with Gasteiger partial charge in [0.2, 0.25) is 0 Å². The van der Waals surface area contributed by atoms with E-state index in [4.69, 9.17) is 5.73 Å². The number of nitrogens with one attached hydrogen (secondary N) is 3. The molecule has 10 heteroatoms. The summed E-state index contributed by atoms with van der Waals surface area (Å²) in [5.74, 6) is -0.272. The Hall–Kier alpha value is -2.02. The minimum absolute atomic E-state index is 0.105. The lowest BCUT2D eigenvalue weighted by Crippen LogP contribution is -2.53. The number of carbonyl (C=O) groups excluding carboxylic acids is 2. The van der Waals surface area contributed by atoms with E-state index in [9.17, 15) is 9.59 Å². The zero-order valence-corrected chi connectivity index (χ0v) is 22.6. The number of aromatic nitrogens is 2. The maximum absolute atomic E-state index is 13.1. The Kier molecular flexibility index (Phi) is 7.71. The fraction of sp³-hybridized carbons (Fsp3) is 0.480. The standard InChI is InChI=1S/C25H31IN6O2S/c26-13-15-5-6-17-16(11-15)12-21(28-17)23(33)29-18-3-1-2-4-19(18)30-24(34)25-31-20-7-9-32(10-8-27)14-22(20)35-25/h5-6,11-12,18-19,28H,1-4,7-10,13-14,27H2,(H,29,33)(H,30,34)/t18-,19+/m0/s1. The van der Waals surface area contributed by atoms with E-state index in [0.717, 1.165) is 77.6 Å². The van der Waals surface area contributed by atoms with Gasteiger partial charge >= 0.3 is 0 Å². The van der Waals surface area contributed by atoms with Gasteiger partial charge in [-0.1, -0.05) is 41.5 Å². The lowest BCUT2D eigenvalue weighted by molar-refractivity contribution is 0.0860. The summed E-state index contributed by atoms with van der Waals surface area (Å²) in [4.78, 5) is 37.5. The van der Waals surface area contributed by atoms with Gasteiger partial charge in [0.25, 0.3) is 11.8 Å². The monoisotopic (exact) mass is 606 g/mol. The molecule has 0 unspecified atom stereocenters. The predicted molar refractivity (Wildman–Crippen MR) is 147 cm³/mol. The summed E-state index contributed by atoms with van der Waals surface area (Å²) in [7, 11) is 0. The third-order valence-corrected chi connectivity index (χ3v) is 8.89. The normalized spacial score (nSPS) is 20.5. The van der Waals surface area contributed by atoms with E-state index in [1.165, 1.54) is 16.9 Å². The number of amides is 2. The lowest BCUT2D eigenvalue weighted by Gasteiger charge is -2.32. The summed E-state index contributed by atoms with van der Waals surface area (Å²) >= 11 is 3.82. The first-order valence-electron chi connectivity index (χ1n) is 12.2. The number of benzene rings is 1. The average molecular weight is 607 g/mol. The van der Waals surface area contributed by atoms with Crippen LogP contribution in [-0.2, 0) is 17.4 Å². The Morgan fingerprint density at radius 3 is 2.69 bits per heavy atom. The van der Waals surface area contributed by atoms with Crippen LogP contribution in [0.5, 0.6) is 0 Å². The van der Waals surface area contributed by atoms with Crippen LogP contribution >= 0.6 is 33.9 Å². The van der Waals surface area contributed by atoms with Crippen LogP contribution in [0.4, 0.5) is 0 Å². The van der Waals surface area contributed by atoms with Gasteiger partial charge in [-0.3, -0.25) is 14.5 Å². The highest BCUT2D eigenvalue weighted by Gasteiger charge is 2.30. The van der Waals surface area contributed by atoms with Crippen LogP contribution in [0.3, 0.4) is 0 Å². The number of hydrogen-bond acceptors (Lipinski definition) is 6. The van der Waals surface area contributed by atoms with E-state index in [-0.39, 0.29) is 23.9 Å². The fourth-order valence-corrected chi connectivity index (χ4v) is 6.59. The van der Waals surface area contributed by atoms with Gasteiger partial charge in [-0.05, 0) is 36.6 Å². The topological polar surface area (TPSA) is 116 Å². The van der Waals surface area contributed by atoms with Gasteiger partial charge in [0.1, 0.15) is 5.69 Å². The van der Waals surface area contributed by atoms with Crippen molar-refractivity contribution in [2.45, 2.75) is 55.2 Å². The zero-order chi connectivity index (χ0) is 24.4. The minimum Gasteiger partial charge on any atom is -0.351 e. The first kappa shape index (κ1) is 24.7. The Labute approximate surface area is 222 Å². The van der Waals surface area contributed by atoms with Crippen LogP contribution in [0, 0.1) is 0 Å². The number of halogens is 1. The summed E-state index contributed by atoms with van der Waals surface area (Å²) in [5.41, 5.74) is 9.47. The minimum atomic E-state index is -0.141. The second-order valence-electron chi connectivity index (χ2n) is 9.39. The highest BCUT2D eigenvalue weighted by Crippen LogP contribution is 2.26. The van der Waals surface area contributed by atoms with E-state index in [1.807, 2.05) is 12.1 Å². The molecule has 0 saturated heterocycles. The van der Waals surface area contributed by atoms with E-state index in [1.54, 1.807) is 0 Å². The first-order valence-corrected chi connectivity index (χ1v) is 14.6. The molecule has 1 aliphatic heterocycles. The molecule has 0 spiro atoms. The molecule has 186 valence electrons. The largest absolute Gasteiger partial charge is 0.351 e. The van der Waals surface area contributed by atoms with Crippen molar-refractivity contribution in [1.82, 2.24) is 25.5 Å². The van der Waals surface area contributed by atoms with Gasteiger partial charge < -0.3 is 21.4 Å². The summed E-state index contributed by atoms with van der Waals surface area (Å²) in [6.07, 6.45) is 4.61. The van der Waals surface area contributed by atoms with Gasteiger partial charge in [-0.2, -0.15) is 0 Å². The number of alkyl halides is 1. The highest BCUT2D eigenvalue weighted by atomic mass is 127. The second-order valence-corrected chi connectivity index (χ2v) is 11.2. The molecule has 5 rings (SSSR count). The molecule has 1 saturated carbocycles. The predicted octanol–water partition coefficient (Wildman–Crippen LogP) is 3.35. The number of fused-ring (bicyclic) bond motifs is 2. The number of nitrogens with zero attached hydrogens (tertiary/aromatic N) is 2. The van der Waals surface area contributed by atoms with Crippen molar-refractivity contribution >= 4 is 56.6 Å². The van der Waals surface area contributed by atoms with Gasteiger partial charge in [-0.15, -0.1) is 11.3 Å². The maximum Gasteiger partial charge on any atom is 0.280 e. The molecule has 2 amide bonds. The van der Waals surface area contributed by atoms with Gasteiger partial charge in [0.15, 0.2) is 5.01 Å². The molecule has 2 atom stereocenters. The average Bonchev–Trinajstić information content (AvgIpc) is 3.49. The Bertz CT molecular complexity index is 1220. The van der Waals surface area contributed by atoms with Crippen molar-refractivity contribution in [3.63, 3.8) is 0 Å². The highest BCUT2D eigenvalue weighted by molar-refractivity contribution is 14.1. The second kappa shape index (κ2) is 10.9. The molecular formula is C25H31IN6O2S. The summed E-state index contributed by atoms with van der Waals surface area (Å²) in [6, 6.07) is 7.90. The Morgan fingerprint density at radius 2 is 1.94 bits per heavy atom. The molecule has 1 aromatic carbocycles. The number of rotatable bonds is 7. The molecule has 2 aliphatic rings. The van der Waals surface area contributed by atoms with E-state index >= 15 is 0 Å². The smallest absolute Gasteiger partial charge is 0.280 e. The fourth-order valence-electron chi connectivity index (χ4n) is 5.06. The van der Waals surface area contributed by atoms with E-state index in [2.05, 4.69) is 60.2 Å². The van der Waals surface area contributed by atoms with Crippen LogP contribution in [0.1, 0.15) is 62.1 Å². The Balaban J connectivity index is 1.24. The SMILES string of the molecule is NCCN1CCc2nc(C(=O)N[C@@H]3CCCC[C@@H]3NC(=O)c3cc4cc(CI)ccc4[nH]3)sc2C1. The molecule has 35 heavy (non-hydrogen) atoms. The molecule has 3 aromatic rings. The number of carbonyl (C=O) groups is 2. The van der Waals surface area contributed by atoms with Gasteiger partial charge in [-0.25, -0.2) is 4.98 Å². The van der Waals surface area contributed by atoms with Crippen LogP contribution in [-0.4, -0.2) is 58.4 Å². The van der Waals surface area contributed by atoms with E-state index in [0.29, 0.717) is 17.2 Å². The van der Waals surface area contributed by atoms with Crippen molar-refractivity contribution in [3.8, 4) is 0 Å². The van der Waals surface area contributed by atoms with Crippen LogP contribution in [0.25, 0.3) is 10.9 Å². The number of thiazole rings is 1. The Morgan fingerprint density at radius 1 is 1.17 bits per heavy atom. The number of H-pyrrole nitrogens is 1. The molecule has 3 heterocycles. The van der Waals surface area contributed by atoms with Crippen molar-refractivity contribution in [3.05, 3.63) is 51.1 Å². The molecule has 8 nitrogen and oxygen atoms in total. The molecule has 1 aliphatic carbocycles. The molecular weight excluding hydrogens is 575 g/mol. The molecule has 0 radical (unpaired) electrons. The first-order chi connectivity index (χ1) is 17.0. The van der Waals surface area contributed by atoms with Crippen molar-refractivity contribution in [1.29, 1.82) is 0 Å². The molecule has 0 bridgehead atoms. The third kappa shape index (κ3) is 5.55. The molecule has 1 fully saturated rings. The summed E-state index contributed by atoms with van der Waals surface area (Å²) in [6.45, 7) is 3.23. The number of hydrogen-bond donors (Lipinski definition) is 4. The quantitative estimate of drug-likeness (QED) is 0.243. The third-order valence-electron chi connectivity index (χ3n) is 6.93. The molecule has 2 aromatic heterocycles. The summed E-state index contributed by atoms with van der Waals surface area (Å²) in [5, 5.41) is 7.91. The maximum atomic E-state index is 13.1.